The number of aromatic nitrogens is 1. The summed E-state index contributed by atoms with van der Waals surface area (Å²) in [5, 5.41) is 3.35. The summed E-state index contributed by atoms with van der Waals surface area (Å²) < 4.78 is 5.63. The molecule has 0 amide bonds. The van der Waals surface area contributed by atoms with Crippen molar-refractivity contribution in [3.8, 4) is 11.6 Å². The van der Waals surface area contributed by atoms with Crippen LogP contribution < -0.4 is 10.1 Å². The second kappa shape index (κ2) is 6.17. The smallest absolute Gasteiger partial charge is 0.219 e. The van der Waals surface area contributed by atoms with Gasteiger partial charge in [-0.05, 0) is 17.7 Å². The number of rotatable bonds is 5. The van der Waals surface area contributed by atoms with Crippen LogP contribution in [0.3, 0.4) is 0 Å². The Morgan fingerprint density at radius 3 is 2.50 bits per heavy atom. The standard InChI is InChI=1S/C15H18N2O/c1-12(2)16-10-13-8-9-15(17-11-13)18-14-6-4-3-5-7-14/h3-9,11-12,16H,10H2,1-2H3. The molecule has 1 aromatic heterocycles. The zero-order valence-electron chi connectivity index (χ0n) is 10.8. The van der Waals surface area contributed by atoms with Crippen molar-refractivity contribution in [1.82, 2.24) is 10.3 Å². The van der Waals surface area contributed by atoms with Crippen LogP contribution in [0.5, 0.6) is 11.6 Å². The number of hydrogen-bond donors (Lipinski definition) is 1. The SMILES string of the molecule is CC(C)NCc1ccc(Oc2ccccc2)nc1. The molecule has 0 radical (unpaired) electrons. The van der Waals surface area contributed by atoms with Gasteiger partial charge in [-0.3, -0.25) is 0 Å². The van der Waals surface area contributed by atoms with Crippen molar-refractivity contribution in [3.05, 3.63) is 54.2 Å². The van der Waals surface area contributed by atoms with Gasteiger partial charge in [0.1, 0.15) is 5.75 Å². The van der Waals surface area contributed by atoms with E-state index in [1.165, 1.54) is 0 Å². The van der Waals surface area contributed by atoms with Gasteiger partial charge in [-0.1, -0.05) is 38.1 Å². The van der Waals surface area contributed by atoms with Crippen LogP contribution in [0, 0.1) is 0 Å². The summed E-state index contributed by atoms with van der Waals surface area (Å²) in [6, 6.07) is 14.1. The Morgan fingerprint density at radius 1 is 1.11 bits per heavy atom. The Hall–Kier alpha value is -1.87. The Balaban J connectivity index is 1.95. The van der Waals surface area contributed by atoms with Crippen molar-refractivity contribution in [2.24, 2.45) is 0 Å². The summed E-state index contributed by atoms with van der Waals surface area (Å²) in [6.07, 6.45) is 1.84. The van der Waals surface area contributed by atoms with Crippen LogP contribution in [-0.2, 0) is 6.54 Å². The predicted octanol–water partition coefficient (Wildman–Crippen LogP) is 3.37. The van der Waals surface area contributed by atoms with Gasteiger partial charge in [-0.15, -0.1) is 0 Å². The van der Waals surface area contributed by atoms with E-state index in [-0.39, 0.29) is 0 Å². The Bertz CT molecular complexity index is 466. The van der Waals surface area contributed by atoms with Gasteiger partial charge in [-0.2, -0.15) is 0 Å². The average molecular weight is 242 g/mol. The van der Waals surface area contributed by atoms with E-state index in [2.05, 4.69) is 24.1 Å². The second-order valence-electron chi connectivity index (χ2n) is 4.46. The highest BCUT2D eigenvalue weighted by Gasteiger charge is 1.99. The molecule has 2 rings (SSSR count). The molecule has 94 valence electrons. The number of nitrogens with one attached hydrogen (secondary N) is 1. The van der Waals surface area contributed by atoms with Gasteiger partial charge in [0, 0.05) is 24.8 Å². The van der Waals surface area contributed by atoms with Crippen molar-refractivity contribution in [1.29, 1.82) is 0 Å². The summed E-state index contributed by atoms with van der Waals surface area (Å²) in [6.45, 7) is 5.08. The van der Waals surface area contributed by atoms with Gasteiger partial charge in [0.25, 0.3) is 0 Å². The normalized spacial score (nSPS) is 10.6. The van der Waals surface area contributed by atoms with Gasteiger partial charge >= 0.3 is 0 Å². The average Bonchev–Trinajstić information content (AvgIpc) is 2.39. The van der Waals surface area contributed by atoms with E-state index in [1.54, 1.807) is 0 Å². The van der Waals surface area contributed by atoms with Crippen LogP contribution in [0.25, 0.3) is 0 Å². The number of pyridine rings is 1. The molecule has 0 saturated heterocycles. The highest BCUT2D eigenvalue weighted by atomic mass is 16.5. The number of ether oxygens (including phenoxy) is 1. The summed E-state index contributed by atoms with van der Waals surface area (Å²) in [5.41, 5.74) is 1.16. The van der Waals surface area contributed by atoms with Crippen LogP contribution in [0.15, 0.2) is 48.7 Å². The maximum atomic E-state index is 5.63. The highest BCUT2D eigenvalue weighted by molar-refractivity contribution is 5.27. The maximum absolute atomic E-state index is 5.63. The van der Waals surface area contributed by atoms with E-state index in [0.717, 1.165) is 17.9 Å². The predicted molar refractivity (Wildman–Crippen MR) is 72.7 cm³/mol. The zero-order valence-corrected chi connectivity index (χ0v) is 10.8. The third kappa shape index (κ3) is 3.86. The zero-order chi connectivity index (χ0) is 12.8. The molecule has 0 aliphatic rings. The van der Waals surface area contributed by atoms with Gasteiger partial charge in [0.15, 0.2) is 0 Å². The topological polar surface area (TPSA) is 34.1 Å². The first kappa shape index (κ1) is 12.6. The summed E-state index contributed by atoms with van der Waals surface area (Å²) in [5.74, 6) is 1.42. The lowest BCUT2D eigenvalue weighted by Crippen LogP contribution is -2.21. The molecule has 0 bridgehead atoms. The number of benzene rings is 1. The first-order valence-electron chi connectivity index (χ1n) is 6.15. The van der Waals surface area contributed by atoms with E-state index in [1.807, 2.05) is 48.7 Å². The lowest BCUT2D eigenvalue weighted by Gasteiger charge is -2.08. The second-order valence-corrected chi connectivity index (χ2v) is 4.46. The van der Waals surface area contributed by atoms with Crippen LogP contribution in [0.1, 0.15) is 19.4 Å². The fraction of sp³-hybridized carbons (Fsp3) is 0.267. The molecule has 1 heterocycles. The molecule has 0 fully saturated rings. The van der Waals surface area contributed by atoms with E-state index in [4.69, 9.17) is 4.74 Å². The van der Waals surface area contributed by atoms with Crippen LogP contribution in [-0.4, -0.2) is 11.0 Å². The van der Waals surface area contributed by atoms with E-state index in [9.17, 15) is 0 Å². The highest BCUT2D eigenvalue weighted by Crippen LogP contribution is 2.18. The number of hydrogen-bond acceptors (Lipinski definition) is 3. The fourth-order valence-corrected chi connectivity index (χ4v) is 1.51. The van der Waals surface area contributed by atoms with Crippen LogP contribution >= 0.6 is 0 Å². The third-order valence-electron chi connectivity index (χ3n) is 2.48. The van der Waals surface area contributed by atoms with Gasteiger partial charge in [0.2, 0.25) is 5.88 Å². The minimum Gasteiger partial charge on any atom is -0.439 e. The van der Waals surface area contributed by atoms with E-state index < -0.39 is 0 Å². The molecule has 1 N–H and O–H groups in total. The molecule has 1 aromatic carbocycles. The molecule has 3 nitrogen and oxygen atoms in total. The molecule has 18 heavy (non-hydrogen) atoms. The van der Waals surface area contributed by atoms with Crippen molar-refractivity contribution >= 4 is 0 Å². The first-order chi connectivity index (χ1) is 8.74. The summed E-state index contributed by atoms with van der Waals surface area (Å²) >= 11 is 0. The molecule has 3 heteroatoms. The van der Waals surface area contributed by atoms with E-state index >= 15 is 0 Å². The molecule has 0 atom stereocenters. The van der Waals surface area contributed by atoms with Gasteiger partial charge < -0.3 is 10.1 Å². The largest absolute Gasteiger partial charge is 0.439 e. The minimum atomic E-state index is 0.477. The monoisotopic (exact) mass is 242 g/mol. The molecule has 0 unspecified atom stereocenters. The van der Waals surface area contributed by atoms with Crippen molar-refractivity contribution < 1.29 is 4.74 Å². The van der Waals surface area contributed by atoms with Gasteiger partial charge in [-0.25, -0.2) is 4.98 Å². The minimum absolute atomic E-state index is 0.477. The Morgan fingerprint density at radius 2 is 1.89 bits per heavy atom. The van der Waals surface area contributed by atoms with E-state index in [0.29, 0.717) is 11.9 Å². The third-order valence-corrected chi connectivity index (χ3v) is 2.48. The van der Waals surface area contributed by atoms with Crippen molar-refractivity contribution in [2.45, 2.75) is 26.4 Å². The summed E-state index contributed by atoms with van der Waals surface area (Å²) in [4.78, 5) is 4.29. The van der Waals surface area contributed by atoms with Crippen LogP contribution in [0.2, 0.25) is 0 Å². The fourth-order valence-electron chi connectivity index (χ4n) is 1.51. The molecular weight excluding hydrogens is 224 g/mol. The lowest BCUT2D eigenvalue weighted by atomic mass is 10.2. The summed E-state index contributed by atoms with van der Waals surface area (Å²) in [7, 11) is 0. The number of para-hydroxylation sites is 1. The molecule has 0 aliphatic heterocycles. The van der Waals surface area contributed by atoms with Crippen molar-refractivity contribution in [3.63, 3.8) is 0 Å². The van der Waals surface area contributed by atoms with Crippen LogP contribution in [0.4, 0.5) is 0 Å². The Kier molecular flexibility index (Phi) is 4.31. The lowest BCUT2D eigenvalue weighted by molar-refractivity contribution is 0.462. The molecule has 0 saturated carbocycles. The maximum Gasteiger partial charge on any atom is 0.219 e. The molecular formula is C15H18N2O. The van der Waals surface area contributed by atoms with Crippen molar-refractivity contribution in [2.75, 3.05) is 0 Å². The molecule has 2 aromatic rings. The first-order valence-corrected chi connectivity index (χ1v) is 6.15. The van der Waals surface area contributed by atoms with Gasteiger partial charge in [0.05, 0.1) is 0 Å². The molecule has 0 aliphatic carbocycles. The number of nitrogens with zero attached hydrogens (tertiary/aromatic N) is 1. The molecule has 0 spiro atoms. The Labute approximate surface area is 108 Å². The quantitative estimate of drug-likeness (QED) is 0.872.